The molecule has 2 heteroatoms. The highest BCUT2D eigenvalue weighted by atomic mass is 15.1. The molecule has 2 aliphatic rings. The van der Waals surface area contributed by atoms with E-state index in [0.29, 0.717) is 0 Å². The highest BCUT2D eigenvalue weighted by Crippen LogP contribution is 2.08. The zero-order valence-electron chi connectivity index (χ0n) is 14.0. The van der Waals surface area contributed by atoms with Crippen molar-refractivity contribution < 1.29 is 0 Å². The molecule has 2 fully saturated rings. The molecule has 0 bridgehead atoms. The fourth-order valence-electron chi connectivity index (χ4n) is 3.20. The van der Waals surface area contributed by atoms with E-state index in [9.17, 15) is 0 Å². The average molecular weight is 306 g/mol. The van der Waals surface area contributed by atoms with E-state index in [1.807, 2.05) is 0 Å². The van der Waals surface area contributed by atoms with Crippen molar-refractivity contribution in [3.8, 4) is 23.7 Å². The Morgan fingerprint density at radius 3 is 1.43 bits per heavy atom. The lowest BCUT2D eigenvalue weighted by molar-refractivity contribution is 0.255. The highest BCUT2D eigenvalue weighted by molar-refractivity contribution is 5.42. The Kier molecular flexibility index (Phi) is 6.16. The molecule has 120 valence electrons. The Morgan fingerprint density at radius 2 is 1.00 bits per heavy atom. The van der Waals surface area contributed by atoms with Crippen LogP contribution in [0.15, 0.2) is 24.3 Å². The second-order valence-electron chi connectivity index (χ2n) is 6.50. The first-order valence-electron chi connectivity index (χ1n) is 8.93. The van der Waals surface area contributed by atoms with Gasteiger partial charge >= 0.3 is 0 Å². The molecular formula is C21H26N2. The number of benzene rings is 1. The van der Waals surface area contributed by atoms with Gasteiger partial charge in [-0.05, 0) is 76.1 Å². The summed E-state index contributed by atoms with van der Waals surface area (Å²) in [5, 5.41) is 0. The van der Waals surface area contributed by atoms with Gasteiger partial charge in [0.25, 0.3) is 0 Å². The predicted molar refractivity (Wildman–Crippen MR) is 96.2 cm³/mol. The topological polar surface area (TPSA) is 6.48 Å². The summed E-state index contributed by atoms with van der Waals surface area (Å²) < 4.78 is 0. The summed E-state index contributed by atoms with van der Waals surface area (Å²) in [6.07, 6.45) is 6.68. The van der Waals surface area contributed by atoms with Crippen molar-refractivity contribution in [1.29, 1.82) is 0 Å². The standard InChI is InChI=1S/C21H26N2/c1-2-14-22(15-3-1)18-6-8-20-10-12-21(13-11-20)9-7-19-23-16-4-5-17-23/h10-13H,1-5,14-19H2. The van der Waals surface area contributed by atoms with E-state index < -0.39 is 0 Å². The first-order valence-corrected chi connectivity index (χ1v) is 8.93. The fraction of sp³-hybridized carbons (Fsp3) is 0.524. The lowest BCUT2D eigenvalue weighted by Gasteiger charge is -2.23. The van der Waals surface area contributed by atoms with E-state index in [0.717, 1.165) is 24.2 Å². The third-order valence-corrected chi connectivity index (χ3v) is 4.60. The van der Waals surface area contributed by atoms with Gasteiger partial charge in [0.05, 0.1) is 13.1 Å². The van der Waals surface area contributed by atoms with Gasteiger partial charge in [0.15, 0.2) is 0 Å². The largest absolute Gasteiger partial charge is 0.292 e. The van der Waals surface area contributed by atoms with E-state index in [-0.39, 0.29) is 0 Å². The first kappa shape index (κ1) is 16.1. The SMILES string of the molecule is C(#Cc1ccc(C#CCN2CCCC2)cc1)CN1CCCCC1. The second kappa shape index (κ2) is 8.78. The zero-order chi connectivity index (χ0) is 15.7. The Labute approximate surface area is 140 Å². The molecule has 0 atom stereocenters. The molecule has 1 aromatic rings. The van der Waals surface area contributed by atoms with Gasteiger partial charge in [-0.2, -0.15) is 0 Å². The normalized spacial score (nSPS) is 18.8. The molecule has 0 aromatic heterocycles. The maximum atomic E-state index is 3.30. The van der Waals surface area contributed by atoms with Crippen molar-refractivity contribution in [3.63, 3.8) is 0 Å². The van der Waals surface area contributed by atoms with E-state index in [1.54, 1.807) is 0 Å². The van der Waals surface area contributed by atoms with Gasteiger partial charge in [-0.15, -0.1) is 0 Å². The van der Waals surface area contributed by atoms with Crippen LogP contribution in [0.1, 0.15) is 43.2 Å². The third kappa shape index (κ3) is 5.43. The summed E-state index contributed by atoms with van der Waals surface area (Å²) in [6, 6.07) is 8.34. The van der Waals surface area contributed by atoms with E-state index in [1.165, 1.54) is 58.3 Å². The van der Waals surface area contributed by atoms with Crippen LogP contribution in [0, 0.1) is 23.7 Å². The van der Waals surface area contributed by atoms with Crippen LogP contribution in [0.4, 0.5) is 0 Å². The van der Waals surface area contributed by atoms with Crippen LogP contribution in [-0.4, -0.2) is 49.1 Å². The molecule has 0 N–H and O–H groups in total. The number of nitrogens with zero attached hydrogens (tertiary/aromatic N) is 2. The molecule has 2 aliphatic heterocycles. The summed E-state index contributed by atoms with van der Waals surface area (Å²) in [5.41, 5.74) is 2.18. The van der Waals surface area contributed by atoms with Crippen LogP contribution in [0.5, 0.6) is 0 Å². The molecule has 0 radical (unpaired) electrons. The highest BCUT2D eigenvalue weighted by Gasteiger charge is 2.09. The maximum Gasteiger partial charge on any atom is 0.0605 e. The molecule has 2 heterocycles. The molecule has 2 nitrogen and oxygen atoms in total. The molecule has 0 amide bonds. The minimum atomic E-state index is 0.900. The molecule has 1 aromatic carbocycles. The average Bonchev–Trinajstić information content (AvgIpc) is 3.11. The Morgan fingerprint density at radius 1 is 0.609 bits per heavy atom. The summed E-state index contributed by atoms with van der Waals surface area (Å²) >= 11 is 0. The number of likely N-dealkylation sites (tertiary alicyclic amines) is 2. The lowest BCUT2D eigenvalue weighted by Crippen LogP contribution is -2.29. The number of hydrogen-bond donors (Lipinski definition) is 0. The van der Waals surface area contributed by atoms with Crippen LogP contribution in [-0.2, 0) is 0 Å². The summed E-state index contributed by atoms with van der Waals surface area (Å²) in [6.45, 7) is 6.63. The summed E-state index contributed by atoms with van der Waals surface area (Å²) in [4.78, 5) is 4.88. The van der Waals surface area contributed by atoms with Gasteiger partial charge in [-0.3, -0.25) is 9.80 Å². The van der Waals surface area contributed by atoms with Gasteiger partial charge in [-0.1, -0.05) is 30.1 Å². The second-order valence-corrected chi connectivity index (χ2v) is 6.50. The molecule has 0 aliphatic carbocycles. The molecular weight excluding hydrogens is 280 g/mol. The first-order chi connectivity index (χ1) is 11.4. The van der Waals surface area contributed by atoms with Crippen LogP contribution in [0.25, 0.3) is 0 Å². The van der Waals surface area contributed by atoms with Crippen molar-refractivity contribution >= 4 is 0 Å². The molecule has 0 saturated carbocycles. The minimum absolute atomic E-state index is 0.900. The van der Waals surface area contributed by atoms with Gasteiger partial charge in [0, 0.05) is 11.1 Å². The zero-order valence-corrected chi connectivity index (χ0v) is 14.0. The van der Waals surface area contributed by atoms with E-state index in [4.69, 9.17) is 0 Å². The molecule has 2 saturated heterocycles. The van der Waals surface area contributed by atoms with Crippen molar-refractivity contribution in [3.05, 3.63) is 35.4 Å². The maximum absolute atomic E-state index is 3.30. The Bertz CT molecular complexity index is 597. The molecule has 0 spiro atoms. The number of hydrogen-bond acceptors (Lipinski definition) is 2. The van der Waals surface area contributed by atoms with E-state index >= 15 is 0 Å². The Hall–Kier alpha value is -1.74. The number of piperidine rings is 1. The third-order valence-electron chi connectivity index (χ3n) is 4.60. The predicted octanol–water partition coefficient (Wildman–Crippen LogP) is 2.97. The summed E-state index contributed by atoms with van der Waals surface area (Å²) in [5.74, 6) is 13.1. The van der Waals surface area contributed by atoms with Crippen molar-refractivity contribution in [2.24, 2.45) is 0 Å². The van der Waals surface area contributed by atoms with Crippen LogP contribution >= 0.6 is 0 Å². The van der Waals surface area contributed by atoms with Gasteiger partial charge < -0.3 is 0 Å². The smallest absolute Gasteiger partial charge is 0.0605 e. The van der Waals surface area contributed by atoms with Crippen LogP contribution in [0.3, 0.4) is 0 Å². The van der Waals surface area contributed by atoms with Gasteiger partial charge in [-0.25, -0.2) is 0 Å². The quantitative estimate of drug-likeness (QED) is 0.775. The molecule has 3 rings (SSSR count). The lowest BCUT2D eigenvalue weighted by atomic mass is 10.1. The van der Waals surface area contributed by atoms with Crippen molar-refractivity contribution in [2.75, 3.05) is 39.3 Å². The monoisotopic (exact) mass is 306 g/mol. The van der Waals surface area contributed by atoms with E-state index in [2.05, 4.69) is 57.7 Å². The van der Waals surface area contributed by atoms with Crippen molar-refractivity contribution in [1.82, 2.24) is 9.80 Å². The molecule has 23 heavy (non-hydrogen) atoms. The summed E-state index contributed by atoms with van der Waals surface area (Å²) in [7, 11) is 0. The fourth-order valence-corrected chi connectivity index (χ4v) is 3.20. The number of rotatable bonds is 2. The minimum Gasteiger partial charge on any atom is -0.292 e. The molecule has 0 unspecified atom stereocenters. The van der Waals surface area contributed by atoms with Gasteiger partial charge in [0.1, 0.15) is 0 Å². The Balaban J connectivity index is 1.47. The van der Waals surface area contributed by atoms with Crippen LogP contribution in [0.2, 0.25) is 0 Å². The van der Waals surface area contributed by atoms with Crippen molar-refractivity contribution in [2.45, 2.75) is 32.1 Å². The van der Waals surface area contributed by atoms with Gasteiger partial charge in [0.2, 0.25) is 0 Å². The van der Waals surface area contributed by atoms with Crippen LogP contribution < -0.4 is 0 Å².